The lowest BCUT2D eigenvalue weighted by Crippen LogP contribution is -2.36. The van der Waals surface area contributed by atoms with Crippen LogP contribution in [0, 0.1) is 0 Å². The summed E-state index contributed by atoms with van der Waals surface area (Å²) < 4.78 is 0. The number of hydrogen-bond acceptors (Lipinski definition) is 2. The molecule has 0 saturated carbocycles. The fourth-order valence-electron chi connectivity index (χ4n) is 1.67. The highest BCUT2D eigenvalue weighted by atomic mass is 16.2. The Balaban J connectivity index is 2.84. The monoisotopic (exact) mass is 233 g/mol. The van der Waals surface area contributed by atoms with E-state index in [1.165, 1.54) is 4.90 Å². The van der Waals surface area contributed by atoms with Crippen molar-refractivity contribution in [1.29, 1.82) is 0 Å². The van der Waals surface area contributed by atoms with Crippen LogP contribution in [-0.2, 0) is 11.2 Å². The first-order chi connectivity index (χ1) is 8.13. The minimum absolute atomic E-state index is 0.417. The molecule has 1 aromatic carbocycles. The van der Waals surface area contributed by atoms with Gasteiger partial charge in [-0.05, 0) is 25.8 Å². The lowest BCUT2D eigenvalue weighted by atomic mass is 10.1. The van der Waals surface area contributed by atoms with Gasteiger partial charge in [0.25, 0.3) is 5.91 Å². The highest BCUT2D eigenvalue weighted by molar-refractivity contribution is 6.42. The molecule has 1 amide bonds. The molecule has 1 aromatic rings. The van der Waals surface area contributed by atoms with E-state index in [-0.39, 0.29) is 0 Å². The van der Waals surface area contributed by atoms with Crippen LogP contribution < -0.4 is 0 Å². The van der Waals surface area contributed by atoms with Crippen LogP contribution >= 0.6 is 0 Å². The summed E-state index contributed by atoms with van der Waals surface area (Å²) in [6.45, 7) is 6.92. The number of ketones is 1. The summed E-state index contributed by atoms with van der Waals surface area (Å²) in [7, 11) is 0. The van der Waals surface area contributed by atoms with E-state index in [0.29, 0.717) is 18.7 Å². The number of rotatable bonds is 5. The first kappa shape index (κ1) is 13.4. The Kier molecular flexibility index (Phi) is 4.88. The molecular formula is C14H19NO2. The van der Waals surface area contributed by atoms with Gasteiger partial charge in [-0.1, -0.05) is 31.2 Å². The van der Waals surface area contributed by atoms with Crippen LogP contribution in [0.25, 0.3) is 0 Å². The Morgan fingerprint density at radius 1 is 1.00 bits per heavy atom. The standard InChI is InChI=1S/C14H19NO2/c1-4-11-7-9-12(10-8-11)13(16)14(17)15(5-2)6-3/h7-10H,4-6H2,1-3H3. The van der Waals surface area contributed by atoms with Gasteiger partial charge in [0.2, 0.25) is 5.78 Å². The molecule has 17 heavy (non-hydrogen) atoms. The van der Waals surface area contributed by atoms with E-state index in [9.17, 15) is 9.59 Å². The van der Waals surface area contributed by atoms with Gasteiger partial charge in [-0.25, -0.2) is 0 Å². The molecule has 0 saturated heterocycles. The fourth-order valence-corrected chi connectivity index (χ4v) is 1.67. The minimum Gasteiger partial charge on any atom is -0.336 e. The summed E-state index contributed by atoms with van der Waals surface area (Å²) in [4.78, 5) is 25.3. The molecule has 92 valence electrons. The molecule has 0 aliphatic rings. The van der Waals surface area contributed by atoms with Crippen molar-refractivity contribution in [3.8, 4) is 0 Å². The van der Waals surface area contributed by atoms with Crippen molar-refractivity contribution in [3.63, 3.8) is 0 Å². The number of likely N-dealkylation sites (N-methyl/N-ethyl adjacent to an activating group) is 1. The van der Waals surface area contributed by atoms with E-state index >= 15 is 0 Å². The molecule has 0 bridgehead atoms. The van der Waals surface area contributed by atoms with Gasteiger partial charge in [-0.2, -0.15) is 0 Å². The topological polar surface area (TPSA) is 37.4 Å². The normalized spacial score (nSPS) is 10.1. The SMILES string of the molecule is CCc1ccc(C(=O)C(=O)N(CC)CC)cc1. The molecule has 0 radical (unpaired) electrons. The van der Waals surface area contributed by atoms with Crippen molar-refractivity contribution in [2.75, 3.05) is 13.1 Å². The molecule has 3 nitrogen and oxygen atoms in total. The first-order valence-corrected chi connectivity index (χ1v) is 6.06. The van der Waals surface area contributed by atoms with E-state index in [0.717, 1.165) is 12.0 Å². The lowest BCUT2D eigenvalue weighted by Gasteiger charge is -2.17. The van der Waals surface area contributed by atoms with E-state index in [1.54, 1.807) is 12.1 Å². The maximum absolute atomic E-state index is 11.9. The van der Waals surface area contributed by atoms with Gasteiger partial charge in [0, 0.05) is 18.7 Å². The predicted molar refractivity (Wildman–Crippen MR) is 68.1 cm³/mol. The fraction of sp³-hybridized carbons (Fsp3) is 0.429. The summed E-state index contributed by atoms with van der Waals surface area (Å²) >= 11 is 0. The molecule has 0 unspecified atom stereocenters. The Morgan fingerprint density at radius 3 is 1.94 bits per heavy atom. The quantitative estimate of drug-likeness (QED) is 0.578. The Labute approximate surface area is 102 Å². The average Bonchev–Trinajstić information content (AvgIpc) is 2.39. The molecule has 0 heterocycles. The van der Waals surface area contributed by atoms with Gasteiger partial charge in [0.05, 0.1) is 0 Å². The van der Waals surface area contributed by atoms with Crippen LogP contribution in [0.2, 0.25) is 0 Å². The third kappa shape index (κ3) is 3.16. The maximum atomic E-state index is 11.9. The number of nitrogens with zero attached hydrogens (tertiary/aromatic N) is 1. The summed E-state index contributed by atoms with van der Waals surface area (Å²) in [6.07, 6.45) is 0.929. The number of hydrogen-bond donors (Lipinski definition) is 0. The zero-order valence-electron chi connectivity index (χ0n) is 10.7. The van der Waals surface area contributed by atoms with Gasteiger partial charge in [-0.3, -0.25) is 9.59 Å². The van der Waals surface area contributed by atoms with Crippen molar-refractivity contribution < 1.29 is 9.59 Å². The number of carbonyl (C=O) groups is 2. The van der Waals surface area contributed by atoms with Crippen molar-refractivity contribution in [2.24, 2.45) is 0 Å². The maximum Gasteiger partial charge on any atom is 0.294 e. The largest absolute Gasteiger partial charge is 0.336 e. The highest BCUT2D eigenvalue weighted by Crippen LogP contribution is 2.07. The molecule has 0 atom stereocenters. The third-order valence-electron chi connectivity index (χ3n) is 2.87. The number of Topliss-reactive ketones (excluding diaryl/α,β-unsaturated/α-hetero) is 1. The summed E-state index contributed by atoms with van der Waals surface area (Å²) in [5.74, 6) is -0.837. The van der Waals surface area contributed by atoms with Crippen LogP contribution in [-0.4, -0.2) is 29.7 Å². The van der Waals surface area contributed by atoms with Crippen LogP contribution in [0.4, 0.5) is 0 Å². The number of carbonyl (C=O) groups excluding carboxylic acids is 2. The number of benzene rings is 1. The summed E-state index contributed by atoms with van der Waals surface area (Å²) in [6, 6.07) is 7.23. The van der Waals surface area contributed by atoms with Gasteiger partial charge in [0.1, 0.15) is 0 Å². The van der Waals surface area contributed by atoms with E-state index in [2.05, 4.69) is 6.92 Å². The molecule has 3 heteroatoms. The Hall–Kier alpha value is -1.64. The second-order valence-electron chi connectivity index (χ2n) is 3.86. The van der Waals surface area contributed by atoms with E-state index in [1.807, 2.05) is 26.0 Å². The second-order valence-corrected chi connectivity index (χ2v) is 3.86. The molecular weight excluding hydrogens is 214 g/mol. The van der Waals surface area contributed by atoms with Crippen molar-refractivity contribution in [2.45, 2.75) is 27.2 Å². The minimum atomic E-state index is -0.420. The van der Waals surface area contributed by atoms with Gasteiger partial charge in [0.15, 0.2) is 0 Å². The van der Waals surface area contributed by atoms with Crippen molar-refractivity contribution >= 4 is 11.7 Å². The molecule has 0 spiro atoms. The molecule has 1 rings (SSSR count). The summed E-state index contributed by atoms with van der Waals surface area (Å²) in [5, 5.41) is 0. The lowest BCUT2D eigenvalue weighted by molar-refractivity contribution is -0.126. The van der Waals surface area contributed by atoms with E-state index < -0.39 is 11.7 Å². The van der Waals surface area contributed by atoms with Crippen LogP contribution in [0.3, 0.4) is 0 Å². The Morgan fingerprint density at radius 2 is 1.53 bits per heavy atom. The zero-order chi connectivity index (χ0) is 12.8. The van der Waals surface area contributed by atoms with Crippen LogP contribution in [0.15, 0.2) is 24.3 Å². The molecule has 0 fully saturated rings. The second kappa shape index (κ2) is 6.18. The number of amides is 1. The molecule has 0 aromatic heterocycles. The van der Waals surface area contributed by atoms with Gasteiger partial charge < -0.3 is 4.90 Å². The third-order valence-corrected chi connectivity index (χ3v) is 2.87. The van der Waals surface area contributed by atoms with Crippen LogP contribution in [0.5, 0.6) is 0 Å². The summed E-state index contributed by atoms with van der Waals surface area (Å²) in [5.41, 5.74) is 1.64. The molecule has 0 aliphatic carbocycles. The van der Waals surface area contributed by atoms with Crippen molar-refractivity contribution in [3.05, 3.63) is 35.4 Å². The Bertz CT molecular complexity index is 391. The first-order valence-electron chi connectivity index (χ1n) is 6.06. The predicted octanol–water partition coefficient (Wildman–Crippen LogP) is 2.30. The molecule has 0 N–H and O–H groups in total. The smallest absolute Gasteiger partial charge is 0.294 e. The van der Waals surface area contributed by atoms with E-state index in [4.69, 9.17) is 0 Å². The number of aryl methyl sites for hydroxylation is 1. The highest BCUT2D eigenvalue weighted by Gasteiger charge is 2.20. The van der Waals surface area contributed by atoms with Crippen molar-refractivity contribution in [1.82, 2.24) is 4.90 Å². The zero-order valence-corrected chi connectivity index (χ0v) is 10.7. The average molecular weight is 233 g/mol. The van der Waals surface area contributed by atoms with Crippen LogP contribution in [0.1, 0.15) is 36.7 Å². The van der Waals surface area contributed by atoms with Gasteiger partial charge >= 0.3 is 0 Å². The molecule has 0 aliphatic heterocycles. The van der Waals surface area contributed by atoms with Gasteiger partial charge in [-0.15, -0.1) is 0 Å².